The highest BCUT2D eigenvalue weighted by Crippen LogP contribution is 2.38. The number of hydrogen-bond donors (Lipinski definition) is 0. The maximum atomic E-state index is 13.6. The lowest BCUT2D eigenvalue weighted by Gasteiger charge is -2.39. The molecule has 0 aliphatic carbocycles. The van der Waals surface area contributed by atoms with Gasteiger partial charge in [0.05, 0.1) is 13.2 Å². The van der Waals surface area contributed by atoms with E-state index in [1.54, 1.807) is 19.2 Å². The van der Waals surface area contributed by atoms with Gasteiger partial charge in [0.25, 0.3) is 0 Å². The third kappa shape index (κ3) is 5.67. The molecule has 36 heavy (non-hydrogen) atoms. The molecule has 1 saturated heterocycles. The molecule has 0 spiro atoms. The van der Waals surface area contributed by atoms with E-state index < -0.39 is 0 Å². The van der Waals surface area contributed by atoms with Crippen LogP contribution in [0.3, 0.4) is 0 Å². The molecule has 2 heterocycles. The summed E-state index contributed by atoms with van der Waals surface area (Å²) in [5, 5.41) is 0. The van der Waals surface area contributed by atoms with Crippen molar-refractivity contribution in [3.63, 3.8) is 0 Å². The molecule has 0 amide bonds. The quantitative estimate of drug-likeness (QED) is 0.369. The van der Waals surface area contributed by atoms with Crippen LogP contribution in [0.25, 0.3) is 0 Å². The lowest BCUT2D eigenvalue weighted by molar-refractivity contribution is 0.183. The molecule has 0 aromatic heterocycles. The maximum Gasteiger partial charge on any atom is 0.123 e. The molecule has 0 N–H and O–H groups in total. The molecular weight excluding hydrogens is 451 g/mol. The Bertz CT molecular complexity index is 1160. The summed E-state index contributed by atoms with van der Waals surface area (Å²) >= 11 is 0. The van der Waals surface area contributed by atoms with E-state index in [-0.39, 0.29) is 11.9 Å². The first-order valence-corrected chi connectivity index (χ1v) is 13.2. The van der Waals surface area contributed by atoms with Crippen molar-refractivity contribution in [2.75, 3.05) is 44.8 Å². The summed E-state index contributed by atoms with van der Waals surface area (Å²) < 4.78 is 25.3. The fourth-order valence-corrected chi connectivity index (χ4v) is 5.67. The fourth-order valence-electron chi connectivity index (χ4n) is 5.67. The van der Waals surface area contributed by atoms with Gasteiger partial charge >= 0.3 is 0 Å². The molecule has 4 nitrogen and oxygen atoms in total. The summed E-state index contributed by atoms with van der Waals surface area (Å²) in [5.74, 6) is 1.66. The molecule has 0 bridgehead atoms. The Labute approximate surface area is 214 Å². The first-order valence-electron chi connectivity index (χ1n) is 13.2. The monoisotopic (exact) mass is 488 g/mol. The van der Waals surface area contributed by atoms with Gasteiger partial charge in [0.15, 0.2) is 0 Å². The third-order valence-corrected chi connectivity index (χ3v) is 7.65. The van der Waals surface area contributed by atoms with Crippen molar-refractivity contribution in [2.45, 2.75) is 45.1 Å². The van der Waals surface area contributed by atoms with Gasteiger partial charge in [-0.2, -0.15) is 0 Å². The van der Waals surface area contributed by atoms with E-state index in [1.165, 1.54) is 54.6 Å². The molecule has 5 rings (SSSR count). The summed E-state index contributed by atoms with van der Waals surface area (Å²) in [6.45, 7) is 7.14. The zero-order chi connectivity index (χ0) is 24.9. The summed E-state index contributed by atoms with van der Waals surface area (Å²) in [5.41, 5.74) is 6.14. The van der Waals surface area contributed by atoms with E-state index >= 15 is 0 Å². The zero-order valence-corrected chi connectivity index (χ0v) is 21.5. The Balaban J connectivity index is 1.34. The van der Waals surface area contributed by atoms with E-state index in [0.29, 0.717) is 0 Å². The van der Waals surface area contributed by atoms with Crippen molar-refractivity contribution in [1.82, 2.24) is 4.90 Å². The molecule has 2 aliphatic heterocycles. The van der Waals surface area contributed by atoms with Crippen LogP contribution in [0.4, 0.5) is 10.1 Å². The number of hydrogen-bond acceptors (Lipinski definition) is 4. The Morgan fingerprint density at radius 1 is 0.917 bits per heavy atom. The number of rotatable bonds is 8. The van der Waals surface area contributed by atoms with Gasteiger partial charge in [0.1, 0.15) is 23.9 Å². The van der Waals surface area contributed by atoms with E-state index in [0.717, 1.165) is 49.7 Å². The number of piperidine rings is 1. The summed E-state index contributed by atoms with van der Waals surface area (Å²) in [7, 11) is 1.71. The van der Waals surface area contributed by atoms with Crippen molar-refractivity contribution in [1.29, 1.82) is 0 Å². The maximum absolute atomic E-state index is 13.6. The Morgan fingerprint density at radius 3 is 2.47 bits per heavy atom. The van der Waals surface area contributed by atoms with Crippen LogP contribution in [0.15, 0.2) is 60.7 Å². The van der Waals surface area contributed by atoms with E-state index in [9.17, 15) is 4.39 Å². The van der Waals surface area contributed by atoms with Crippen LogP contribution in [0.1, 0.15) is 47.6 Å². The molecule has 1 fully saturated rings. The second-order valence-corrected chi connectivity index (χ2v) is 10.1. The van der Waals surface area contributed by atoms with Gasteiger partial charge in [-0.25, -0.2) is 4.39 Å². The van der Waals surface area contributed by atoms with E-state index in [2.05, 4.69) is 47.1 Å². The molecule has 1 atom stereocenters. The van der Waals surface area contributed by atoms with Crippen molar-refractivity contribution in [3.05, 3.63) is 88.7 Å². The minimum Gasteiger partial charge on any atom is -0.497 e. The van der Waals surface area contributed by atoms with Crippen LogP contribution in [-0.4, -0.2) is 44.8 Å². The predicted octanol–water partition coefficient (Wildman–Crippen LogP) is 6.35. The van der Waals surface area contributed by atoms with Gasteiger partial charge in [-0.3, -0.25) is 4.90 Å². The van der Waals surface area contributed by atoms with Gasteiger partial charge in [0.2, 0.25) is 0 Å². The average molecular weight is 489 g/mol. The predicted molar refractivity (Wildman–Crippen MR) is 144 cm³/mol. The van der Waals surface area contributed by atoms with Crippen LogP contribution < -0.4 is 14.4 Å². The molecular formula is C31H37FN2O2. The van der Waals surface area contributed by atoms with Gasteiger partial charge in [-0.1, -0.05) is 24.6 Å². The van der Waals surface area contributed by atoms with Crippen molar-refractivity contribution < 1.29 is 13.9 Å². The average Bonchev–Trinajstić information content (AvgIpc) is 2.91. The van der Waals surface area contributed by atoms with E-state index in [4.69, 9.17) is 9.47 Å². The molecule has 0 saturated carbocycles. The van der Waals surface area contributed by atoms with Crippen LogP contribution in [0.2, 0.25) is 0 Å². The summed E-state index contributed by atoms with van der Waals surface area (Å²) in [6.07, 6.45) is 5.77. The number of nitrogens with zero attached hydrogens (tertiary/aromatic N) is 2. The molecule has 5 heteroatoms. The molecule has 3 aromatic rings. The number of methoxy groups -OCH3 is 1. The fraction of sp³-hybridized carbons (Fsp3) is 0.419. The molecule has 0 radical (unpaired) electrons. The number of ether oxygens (including phenoxy) is 2. The molecule has 190 valence electrons. The summed E-state index contributed by atoms with van der Waals surface area (Å²) in [6, 6.07) is 20.0. The number of likely N-dealkylation sites (tertiary alicyclic amines) is 1. The second kappa shape index (κ2) is 11.3. The van der Waals surface area contributed by atoms with Gasteiger partial charge in [-0.15, -0.1) is 0 Å². The third-order valence-electron chi connectivity index (χ3n) is 7.65. The van der Waals surface area contributed by atoms with Gasteiger partial charge in [0, 0.05) is 18.8 Å². The summed E-state index contributed by atoms with van der Waals surface area (Å²) in [4.78, 5) is 4.92. The highest BCUT2D eigenvalue weighted by atomic mass is 19.1. The van der Waals surface area contributed by atoms with Crippen molar-refractivity contribution >= 4 is 5.69 Å². The topological polar surface area (TPSA) is 24.9 Å². The lowest BCUT2D eigenvalue weighted by Crippen LogP contribution is -2.36. The first kappa shape index (κ1) is 24.6. The molecule has 1 unspecified atom stereocenters. The lowest BCUT2D eigenvalue weighted by atomic mass is 9.87. The normalized spacial score (nSPS) is 18.1. The molecule has 2 aliphatic rings. The number of fused-ring (bicyclic) bond motifs is 1. The van der Waals surface area contributed by atoms with Crippen molar-refractivity contribution in [2.24, 2.45) is 0 Å². The van der Waals surface area contributed by atoms with Gasteiger partial charge in [-0.05, 0) is 110 Å². The first-order chi connectivity index (χ1) is 17.6. The highest BCUT2D eigenvalue weighted by Gasteiger charge is 2.28. The van der Waals surface area contributed by atoms with Crippen LogP contribution in [0.5, 0.6) is 11.5 Å². The number of benzene rings is 3. The number of aryl methyl sites for hydroxylation is 1. The minimum absolute atomic E-state index is 0.162. The van der Waals surface area contributed by atoms with Crippen LogP contribution in [-0.2, 0) is 12.8 Å². The number of anilines is 1. The zero-order valence-electron chi connectivity index (χ0n) is 21.5. The second-order valence-electron chi connectivity index (χ2n) is 10.1. The largest absolute Gasteiger partial charge is 0.497 e. The SMILES string of the molecule is COc1ccc2c(c1)CCN(c1ccc(F)cc1)C2Cc1ccc(OCCN2CCCCC2)c(C)c1. The van der Waals surface area contributed by atoms with Gasteiger partial charge < -0.3 is 14.4 Å². The Morgan fingerprint density at radius 2 is 1.72 bits per heavy atom. The van der Waals surface area contributed by atoms with Crippen LogP contribution in [0, 0.1) is 12.7 Å². The van der Waals surface area contributed by atoms with E-state index in [1.807, 2.05) is 18.2 Å². The number of halogens is 1. The Hall–Kier alpha value is -3.05. The standard InChI is InChI=1S/C31H37FN2O2/c1-23-20-24(6-13-31(23)36-19-18-33-15-4-3-5-16-33)21-30-29-12-11-28(35-2)22-25(29)14-17-34(30)27-9-7-26(32)8-10-27/h6-13,20,22,30H,3-5,14-19,21H2,1-2H3. The molecule has 3 aromatic carbocycles. The minimum atomic E-state index is -0.205. The Kier molecular flexibility index (Phi) is 7.76. The van der Waals surface area contributed by atoms with Crippen LogP contribution >= 0.6 is 0 Å². The van der Waals surface area contributed by atoms with Crippen molar-refractivity contribution in [3.8, 4) is 11.5 Å². The smallest absolute Gasteiger partial charge is 0.123 e. The highest BCUT2D eigenvalue weighted by molar-refractivity contribution is 5.54.